The Morgan fingerprint density at radius 3 is 1.75 bits per heavy atom. The molecule has 0 bridgehead atoms. The normalized spacial score (nSPS) is 12.7. The summed E-state index contributed by atoms with van der Waals surface area (Å²) in [6.45, 7) is 15.3. The molecule has 0 aliphatic heterocycles. The average molecular weight is 286 g/mol. The fourth-order valence-electron chi connectivity index (χ4n) is 1.74. The average Bonchev–Trinajstić information content (AvgIpc) is 2.28. The van der Waals surface area contributed by atoms with Gasteiger partial charge in [0.05, 0.1) is 13.2 Å². The molecule has 0 heterocycles. The standard InChI is InChI=1S/C17H34O3/c1-16(2,3)10-8-12-20-14-13-19-11-7-9-15(18)17(4,5)6/h7-14H2,1-6H3. The van der Waals surface area contributed by atoms with Gasteiger partial charge >= 0.3 is 0 Å². The van der Waals surface area contributed by atoms with Crippen LogP contribution < -0.4 is 0 Å². The predicted octanol–water partition coefficient (Wildman–Crippen LogP) is 4.24. The van der Waals surface area contributed by atoms with Gasteiger partial charge in [0.15, 0.2) is 0 Å². The number of carbonyl (C=O) groups excluding carboxylic acids is 1. The summed E-state index contributed by atoms with van der Waals surface area (Å²) in [7, 11) is 0. The van der Waals surface area contributed by atoms with E-state index in [9.17, 15) is 4.79 Å². The molecular formula is C17H34O3. The van der Waals surface area contributed by atoms with Crippen molar-refractivity contribution in [2.45, 2.75) is 67.2 Å². The minimum Gasteiger partial charge on any atom is -0.379 e. The molecule has 3 heteroatoms. The molecule has 0 radical (unpaired) electrons. The Morgan fingerprint density at radius 2 is 1.30 bits per heavy atom. The van der Waals surface area contributed by atoms with Crippen molar-refractivity contribution in [1.29, 1.82) is 0 Å². The Balaban J connectivity index is 3.28. The first-order valence-electron chi connectivity index (χ1n) is 7.82. The largest absolute Gasteiger partial charge is 0.379 e. The highest BCUT2D eigenvalue weighted by Gasteiger charge is 2.19. The summed E-state index contributed by atoms with van der Waals surface area (Å²) in [6.07, 6.45) is 3.70. The molecular weight excluding hydrogens is 252 g/mol. The number of rotatable bonds is 10. The predicted molar refractivity (Wildman–Crippen MR) is 84.0 cm³/mol. The maximum Gasteiger partial charge on any atom is 0.138 e. The van der Waals surface area contributed by atoms with E-state index in [2.05, 4.69) is 20.8 Å². The van der Waals surface area contributed by atoms with Crippen molar-refractivity contribution in [2.75, 3.05) is 26.4 Å². The molecule has 0 spiro atoms. The molecule has 20 heavy (non-hydrogen) atoms. The van der Waals surface area contributed by atoms with Crippen LogP contribution in [0.3, 0.4) is 0 Å². The number of ether oxygens (including phenoxy) is 2. The first-order chi connectivity index (χ1) is 9.13. The van der Waals surface area contributed by atoms with Crippen molar-refractivity contribution in [2.24, 2.45) is 10.8 Å². The van der Waals surface area contributed by atoms with Gasteiger partial charge in [-0.25, -0.2) is 0 Å². The zero-order valence-electron chi connectivity index (χ0n) is 14.4. The molecule has 0 amide bonds. The van der Waals surface area contributed by atoms with Gasteiger partial charge in [-0.2, -0.15) is 0 Å². The van der Waals surface area contributed by atoms with E-state index >= 15 is 0 Å². The minimum atomic E-state index is -0.226. The summed E-state index contributed by atoms with van der Waals surface area (Å²) in [5.74, 6) is 0.305. The lowest BCUT2D eigenvalue weighted by Gasteiger charge is -2.17. The van der Waals surface area contributed by atoms with Gasteiger partial charge in [-0.15, -0.1) is 0 Å². The van der Waals surface area contributed by atoms with Gasteiger partial charge in [-0.05, 0) is 24.7 Å². The van der Waals surface area contributed by atoms with Crippen LogP contribution >= 0.6 is 0 Å². The van der Waals surface area contributed by atoms with Crippen molar-refractivity contribution in [1.82, 2.24) is 0 Å². The highest BCUT2D eigenvalue weighted by atomic mass is 16.5. The highest BCUT2D eigenvalue weighted by Crippen LogP contribution is 2.20. The molecule has 0 aliphatic rings. The second kappa shape index (κ2) is 9.51. The number of ketones is 1. The molecule has 0 saturated heterocycles. The van der Waals surface area contributed by atoms with Crippen molar-refractivity contribution >= 4 is 5.78 Å². The van der Waals surface area contributed by atoms with Gasteiger partial charge in [0, 0.05) is 25.0 Å². The van der Waals surface area contributed by atoms with Crippen molar-refractivity contribution in [3.63, 3.8) is 0 Å². The SMILES string of the molecule is CC(C)(C)CCCOCCOCCCC(=O)C(C)(C)C. The van der Waals surface area contributed by atoms with E-state index in [4.69, 9.17) is 9.47 Å². The van der Waals surface area contributed by atoms with Crippen LogP contribution in [0, 0.1) is 10.8 Å². The molecule has 0 saturated carbocycles. The fourth-order valence-corrected chi connectivity index (χ4v) is 1.74. The van der Waals surface area contributed by atoms with Gasteiger partial charge in [-0.3, -0.25) is 4.79 Å². The molecule has 0 aromatic carbocycles. The van der Waals surface area contributed by atoms with E-state index in [1.54, 1.807) is 0 Å². The Labute approximate surface area is 125 Å². The zero-order chi connectivity index (χ0) is 15.6. The van der Waals surface area contributed by atoms with E-state index in [1.165, 1.54) is 6.42 Å². The molecule has 0 rings (SSSR count). The van der Waals surface area contributed by atoms with Gasteiger partial charge in [0.2, 0.25) is 0 Å². The third-order valence-corrected chi connectivity index (χ3v) is 3.12. The molecule has 3 nitrogen and oxygen atoms in total. The lowest BCUT2D eigenvalue weighted by Crippen LogP contribution is -2.20. The Bertz CT molecular complexity index is 258. The lowest BCUT2D eigenvalue weighted by molar-refractivity contribution is -0.126. The zero-order valence-corrected chi connectivity index (χ0v) is 14.4. The van der Waals surface area contributed by atoms with Crippen LogP contribution in [-0.4, -0.2) is 32.2 Å². The number of Topliss-reactive ketones (excluding diaryl/α,β-unsaturated/α-hetero) is 1. The summed E-state index contributed by atoms with van der Waals surface area (Å²) >= 11 is 0. The van der Waals surface area contributed by atoms with Crippen LogP contribution in [0.2, 0.25) is 0 Å². The molecule has 0 N–H and O–H groups in total. The summed E-state index contributed by atoms with van der Waals surface area (Å²) in [5, 5.41) is 0. The lowest BCUT2D eigenvalue weighted by atomic mass is 9.88. The summed E-state index contributed by atoms with van der Waals surface area (Å²) in [6, 6.07) is 0. The van der Waals surface area contributed by atoms with Crippen molar-refractivity contribution in [3.05, 3.63) is 0 Å². The van der Waals surface area contributed by atoms with E-state index < -0.39 is 0 Å². The van der Waals surface area contributed by atoms with Gasteiger partial charge in [-0.1, -0.05) is 41.5 Å². The summed E-state index contributed by atoms with van der Waals surface area (Å²) < 4.78 is 11.0. The van der Waals surface area contributed by atoms with E-state index in [0.717, 1.165) is 19.4 Å². The maximum absolute atomic E-state index is 11.7. The maximum atomic E-state index is 11.7. The number of carbonyl (C=O) groups is 1. The van der Waals surface area contributed by atoms with Crippen LogP contribution in [0.15, 0.2) is 0 Å². The Hall–Kier alpha value is -0.410. The summed E-state index contributed by atoms with van der Waals surface area (Å²) in [5.41, 5.74) is 0.162. The number of hydrogen-bond donors (Lipinski definition) is 0. The second-order valence-corrected chi connectivity index (χ2v) is 7.67. The first-order valence-corrected chi connectivity index (χ1v) is 7.82. The monoisotopic (exact) mass is 286 g/mol. The molecule has 0 aromatic rings. The molecule has 0 atom stereocenters. The van der Waals surface area contributed by atoms with Crippen molar-refractivity contribution in [3.8, 4) is 0 Å². The van der Waals surface area contributed by atoms with Gasteiger partial charge in [0.25, 0.3) is 0 Å². The molecule has 0 aromatic heterocycles. The van der Waals surface area contributed by atoms with E-state index in [-0.39, 0.29) is 5.41 Å². The second-order valence-electron chi connectivity index (χ2n) is 7.67. The Morgan fingerprint density at radius 1 is 0.800 bits per heavy atom. The van der Waals surface area contributed by atoms with Gasteiger partial charge in [0.1, 0.15) is 5.78 Å². The smallest absolute Gasteiger partial charge is 0.138 e. The molecule has 0 unspecified atom stereocenters. The number of hydrogen-bond acceptors (Lipinski definition) is 3. The molecule has 0 aliphatic carbocycles. The van der Waals surface area contributed by atoms with E-state index in [1.807, 2.05) is 20.8 Å². The van der Waals surface area contributed by atoms with E-state index in [0.29, 0.717) is 37.4 Å². The van der Waals surface area contributed by atoms with Crippen molar-refractivity contribution < 1.29 is 14.3 Å². The van der Waals surface area contributed by atoms with Crippen LogP contribution in [0.5, 0.6) is 0 Å². The molecule has 0 fully saturated rings. The van der Waals surface area contributed by atoms with Crippen LogP contribution in [0.25, 0.3) is 0 Å². The van der Waals surface area contributed by atoms with Crippen LogP contribution in [0.1, 0.15) is 67.2 Å². The minimum absolute atomic E-state index is 0.226. The third kappa shape index (κ3) is 12.6. The topological polar surface area (TPSA) is 35.5 Å². The third-order valence-electron chi connectivity index (χ3n) is 3.12. The quantitative estimate of drug-likeness (QED) is 0.563. The fraction of sp³-hybridized carbons (Fsp3) is 0.941. The molecule has 120 valence electrons. The summed E-state index contributed by atoms with van der Waals surface area (Å²) in [4.78, 5) is 11.7. The first kappa shape index (κ1) is 19.6. The Kier molecular flexibility index (Phi) is 9.32. The van der Waals surface area contributed by atoms with Gasteiger partial charge < -0.3 is 9.47 Å². The highest BCUT2D eigenvalue weighted by molar-refractivity contribution is 5.83. The van der Waals surface area contributed by atoms with Crippen LogP contribution in [-0.2, 0) is 14.3 Å². The van der Waals surface area contributed by atoms with Crippen LogP contribution in [0.4, 0.5) is 0 Å².